The summed E-state index contributed by atoms with van der Waals surface area (Å²) < 4.78 is 77.8. The quantitative estimate of drug-likeness (QED) is 0.532. The van der Waals surface area contributed by atoms with E-state index in [4.69, 9.17) is 8.97 Å². The summed E-state index contributed by atoms with van der Waals surface area (Å²) in [6, 6.07) is 6.80. The number of aromatic nitrogens is 1. The van der Waals surface area contributed by atoms with Crippen molar-refractivity contribution in [3.05, 3.63) is 36.2 Å². The van der Waals surface area contributed by atoms with Crippen LogP contribution in [-0.2, 0) is 22.1 Å². The van der Waals surface area contributed by atoms with Crippen LogP contribution in [-0.4, -0.2) is 19.1 Å². The molecule has 2 aromatic carbocycles. The van der Waals surface area contributed by atoms with E-state index in [0.29, 0.717) is 10.8 Å². The van der Waals surface area contributed by atoms with Gasteiger partial charge in [-0.25, -0.2) is 0 Å². The van der Waals surface area contributed by atoms with Gasteiger partial charge >= 0.3 is 12.1 Å². The van der Waals surface area contributed by atoms with Gasteiger partial charge < -0.3 is 4.42 Å². The first kappa shape index (κ1) is 18.7. The maximum absolute atomic E-state index is 13.1. The van der Waals surface area contributed by atoms with Gasteiger partial charge in [-0.1, -0.05) is 0 Å². The standard InChI is InChI=1S/C17H16F3NO4S/c1-16(2,3)15-21(9-17(18,19)20)13-7-4-10-8-11(26(22,23)24)5-6-12(10)14(13)25-15/h4-8H,9H2,1-3H3/p+1. The number of benzene rings is 2. The summed E-state index contributed by atoms with van der Waals surface area (Å²) in [4.78, 5) is -0.296. The Bertz CT molecular complexity index is 1110. The van der Waals surface area contributed by atoms with Crippen LogP contribution in [0.4, 0.5) is 13.2 Å². The lowest BCUT2D eigenvalue weighted by Gasteiger charge is -2.11. The second-order valence-corrected chi connectivity index (χ2v) is 8.55. The van der Waals surface area contributed by atoms with Gasteiger partial charge in [-0.15, -0.1) is 0 Å². The maximum Gasteiger partial charge on any atom is 0.448 e. The fourth-order valence-corrected chi connectivity index (χ4v) is 3.42. The van der Waals surface area contributed by atoms with Gasteiger partial charge in [-0.05, 0) is 50.4 Å². The highest BCUT2D eigenvalue weighted by Gasteiger charge is 2.42. The van der Waals surface area contributed by atoms with Crippen molar-refractivity contribution in [1.29, 1.82) is 0 Å². The molecule has 26 heavy (non-hydrogen) atoms. The second kappa shape index (κ2) is 5.68. The number of rotatable bonds is 2. The monoisotopic (exact) mass is 388 g/mol. The summed E-state index contributed by atoms with van der Waals surface area (Å²) in [6.45, 7) is 4.05. The Kier molecular flexibility index (Phi) is 4.08. The normalized spacial score (nSPS) is 13.7. The highest BCUT2D eigenvalue weighted by atomic mass is 32.2. The van der Waals surface area contributed by atoms with Crippen LogP contribution >= 0.6 is 0 Å². The van der Waals surface area contributed by atoms with E-state index in [2.05, 4.69) is 0 Å². The Morgan fingerprint density at radius 3 is 2.31 bits per heavy atom. The number of hydrogen-bond donors (Lipinski definition) is 1. The summed E-state index contributed by atoms with van der Waals surface area (Å²) >= 11 is 0. The molecule has 0 aliphatic heterocycles. The zero-order chi connectivity index (χ0) is 19.5. The van der Waals surface area contributed by atoms with E-state index in [1.54, 1.807) is 20.8 Å². The molecular weight excluding hydrogens is 371 g/mol. The third-order valence-electron chi connectivity index (χ3n) is 3.93. The molecule has 140 valence electrons. The molecule has 0 saturated carbocycles. The molecule has 1 aromatic heterocycles. The maximum atomic E-state index is 13.1. The molecule has 0 unspecified atom stereocenters. The summed E-state index contributed by atoms with van der Waals surface area (Å²) in [7, 11) is -4.38. The largest absolute Gasteiger partial charge is 0.448 e. The molecule has 0 aliphatic carbocycles. The fourth-order valence-electron chi connectivity index (χ4n) is 2.90. The van der Waals surface area contributed by atoms with Crippen molar-refractivity contribution >= 4 is 32.0 Å². The van der Waals surface area contributed by atoms with Gasteiger partial charge in [0.1, 0.15) is 0 Å². The SMILES string of the molecule is CC(C)(C)c1oc2c3ccc(S(=O)(=O)O)cc3ccc2[n+]1CC(F)(F)F. The zero-order valence-electron chi connectivity index (χ0n) is 14.3. The van der Waals surface area contributed by atoms with Crippen LogP contribution in [0.15, 0.2) is 39.6 Å². The van der Waals surface area contributed by atoms with E-state index in [1.807, 2.05) is 0 Å². The molecule has 0 spiro atoms. The van der Waals surface area contributed by atoms with E-state index in [1.165, 1.54) is 30.3 Å². The van der Waals surface area contributed by atoms with Crippen molar-refractivity contribution in [2.24, 2.45) is 0 Å². The molecule has 0 amide bonds. The molecule has 0 radical (unpaired) electrons. The molecule has 0 fully saturated rings. The summed E-state index contributed by atoms with van der Waals surface area (Å²) in [5.74, 6) is 0.163. The Labute approximate surface area is 147 Å². The highest BCUT2D eigenvalue weighted by Crippen LogP contribution is 2.32. The minimum absolute atomic E-state index is 0.163. The third-order valence-corrected chi connectivity index (χ3v) is 4.78. The van der Waals surface area contributed by atoms with Crippen LogP contribution < -0.4 is 4.57 Å². The first-order chi connectivity index (χ1) is 11.8. The van der Waals surface area contributed by atoms with Crippen molar-refractivity contribution < 1.29 is 35.1 Å². The Hall–Kier alpha value is -2.13. The minimum Gasteiger partial charge on any atom is -0.400 e. The molecule has 5 nitrogen and oxygen atoms in total. The predicted molar refractivity (Wildman–Crippen MR) is 88.5 cm³/mol. The van der Waals surface area contributed by atoms with E-state index < -0.39 is 28.3 Å². The van der Waals surface area contributed by atoms with E-state index in [9.17, 15) is 21.6 Å². The molecule has 0 aliphatic rings. The number of hydrogen-bond acceptors (Lipinski definition) is 3. The minimum atomic E-state index is -4.43. The third kappa shape index (κ3) is 3.41. The van der Waals surface area contributed by atoms with Crippen LogP contribution in [0.5, 0.6) is 0 Å². The van der Waals surface area contributed by atoms with Crippen molar-refractivity contribution in [3.63, 3.8) is 0 Å². The molecule has 0 bridgehead atoms. The Morgan fingerprint density at radius 2 is 1.77 bits per heavy atom. The van der Waals surface area contributed by atoms with Crippen LogP contribution in [0, 0.1) is 0 Å². The van der Waals surface area contributed by atoms with Gasteiger partial charge in [-0.3, -0.25) is 4.55 Å². The number of nitrogens with zero attached hydrogens (tertiary/aromatic N) is 1. The van der Waals surface area contributed by atoms with E-state index in [-0.39, 0.29) is 21.9 Å². The average molecular weight is 388 g/mol. The van der Waals surface area contributed by atoms with Gasteiger partial charge in [0.15, 0.2) is 0 Å². The first-order valence-electron chi connectivity index (χ1n) is 7.71. The van der Waals surface area contributed by atoms with Crippen LogP contribution in [0.2, 0.25) is 0 Å². The number of halogens is 3. The molecule has 3 rings (SSSR count). The van der Waals surface area contributed by atoms with Crippen LogP contribution in [0.25, 0.3) is 21.9 Å². The average Bonchev–Trinajstić information content (AvgIpc) is 2.83. The van der Waals surface area contributed by atoms with Crippen molar-refractivity contribution in [2.75, 3.05) is 0 Å². The molecule has 1 N–H and O–H groups in total. The topological polar surface area (TPSA) is 71.4 Å². The van der Waals surface area contributed by atoms with Crippen molar-refractivity contribution in [1.82, 2.24) is 0 Å². The lowest BCUT2D eigenvalue weighted by atomic mass is 9.96. The van der Waals surface area contributed by atoms with Crippen LogP contribution in [0.3, 0.4) is 0 Å². The van der Waals surface area contributed by atoms with E-state index in [0.717, 1.165) is 4.57 Å². The summed E-state index contributed by atoms with van der Waals surface area (Å²) in [5, 5.41) is 0.891. The molecule has 0 atom stereocenters. The van der Waals surface area contributed by atoms with Gasteiger partial charge in [0.2, 0.25) is 12.1 Å². The van der Waals surface area contributed by atoms with E-state index >= 15 is 0 Å². The molecule has 1 heterocycles. The second-order valence-electron chi connectivity index (χ2n) is 7.13. The van der Waals surface area contributed by atoms with Gasteiger partial charge in [0.25, 0.3) is 15.6 Å². The highest BCUT2D eigenvalue weighted by molar-refractivity contribution is 7.85. The smallest absolute Gasteiger partial charge is 0.400 e. The van der Waals surface area contributed by atoms with Gasteiger partial charge in [-0.2, -0.15) is 26.2 Å². The molecule has 0 saturated heterocycles. The molecule has 9 heteroatoms. The lowest BCUT2D eigenvalue weighted by molar-refractivity contribution is -0.710. The van der Waals surface area contributed by atoms with Crippen molar-refractivity contribution in [3.8, 4) is 0 Å². The number of fused-ring (bicyclic) bond motifs is 3. The van der Waals surface area contributed by atoms with Gasteiger partial charge in [0, 0.05) is 11.5 Å². The molecule has 3 aromatic rings. The summed E-state index contributed by atoms with van der Waals surface area (Å²) in [5.41, 5.74) is -0.178. The fraction of sp³-hybridized carbons (Fsp3) is 0.353. The Balaban J connectivity index is 2.35. The van der Waals surface area contributed by atoms with Gasteiger partial charge in [0.05, 0.1) is 10.3 Å². The molecular formula is C17H17F3NO4S+. The number of oxazole rings is 1. The lowest BCUT2D eigenvalue weighted by Crippen LogP contribution is -2.46. The summed E-state index contributed by atoms with van der Waals surface area (Å²) in [6.07, 6.45) is -4.43. The predicted octanol–water partition coefficient (Wildman–Crippen LogP) is 3.98. The van der Waals surface area contributed by atoms with Crippen LogP contribution in [0.1, 0.15) is 26.7 Å². The zero-order valence-corrected chi connectivity index (χ0v) is 15.1. The van der Waals surface area contributed by atoms with Crippen molar-refractivity contribution in [2.45, 2.75) is 43.8 Å². The number of alkyl halides is 3. The first-order valence-corrected chi connectivity index (χ1v) is 9.15. The Morgan fingerprint density at radius 1 is 1.12 bits per heavy atom.